The highest BCUT2D eigenvalue weighted by molar-refractivity contribution is 5.85. The zero-order valence-corrected chi connectivity index (χ0v) is 16.2. The van der Waals surface area contributed by atoms with Crippen LogP contribution < -0.4 is 10.5 Å². The molecule has 5 heteroatoms. The third-order valence-electron chi connectivity index (χ3n) is 4.98. The molecule has 4 nitrogen and oxygen atoms in total. The van der Waals surface area contributed by atoms with E-state index in [2.05, 4.69) is 19.1 Å². The summed E-state index contributed by atoms with van der Waals surface area (Å²) >= 11 is 0. The summed E-state index contributed by atoms with van der Waals surface area (Å²) in [4.78, 5) is 14.5. The van der Waals surface area contributed by atoms with Crippen LogP contribution in [0.2, 0.25) is 0 Å². The van der Waals surface area contributed by atoms with Gasteiger partial charge in [-0.1, -0.05) is 49.4 Å². The Balaban J connectivity index is 0.00000243. The molecule has 3 rings (SSSR count). The minimum atomic E-state index is -0.498. The quantitative estimate of drug-likeness (QED) is 0.867. The van der Waals surface area contributed by atoms with Crippen LogP contribution in [0, 0.1) is 5.41 Å². The van der Waals surface area contributed by atoms with E-state index in [0.29, 0.717) is 18.8 Å². The smallest absolute Gasteiger partial charge is 0.263 e. The normalized spacial score (nSPS) is 20.3. The number of halogens is 1. The molecular formula is C21H27ClN2O2. The van der Waals surface area contributed by atoms with Crippen molar-refractivity contribution < 1.29 is 9.53 Å². The average Bonchev–Trinajstić information content (AvgIpc) is 3.05. The van der Waals surface area contributed by atoms with Gasteiger partial charge in [-0.25, -0.2) is 0 Å². The molecule has 0 spiro atoms. The van der Waals surface area contributed by atoms with Crippen molar-refractivity contribution in [1.29, 1.82) is 0 Å². The first-order chi connectivity index (χ1) is 12.0. The average molecular weight is 375 g/mol. The standard InChI is InChI=1S/C21H26N2O2.ClH/c1-16(20(24)23-13-12-21(2,14-22)15-23)25-19-10-8-18(9-11-19)17-6-4-3-5-7-17;/h3-11,16H,12-15,22H2,1-2H3;1H. The van der Waals surface area contributed by atoms with Gasteiger partial charge < -0.3 is 15.4 Å². The molecule has 1 heterocycles. The molecule has 1 aliphatic rings. The number of likely N-dealkylation sites (tertiary alicyclic amines) is 1. The Hall–Kier alpha value is -2.04. The zero-order chi connectivity index (χ0) is 17.9. The lowest BCUT2D eigenvalue weighted by molar-refractivity contribution is -0.137. The van der Waals surface area contributed by atoms with Crippen molar-refractivity contribution in [3.8, 4) is 16.9 Å². The number of nitrogens with zero attached hydrogens (tertiary/aromatic N) is 1. The van der Waals surface area contributed by atoms with Crippen LogP contribution in [-0.2, 0) is 4.79 Å². The van der Waals surface area contributed by atoms with E-state index in [4.69, 9.17) is 10.5 Å². The van der Waals surface area contributed by atoms with Crippen LogP contribution in [-0.4, -0.2) is 36.5 Å². The number of hydrogen-bond acceptors (Lipinski definition) is 3. The van der Waals surface area contributed by atoms with Gasteiger partial charge in [0.05, 0.1) is 0 Å². The highest BCUT2D eigenvalue weighted by Crippen LogP contribution is 2.29. The summed E-state index contributed by atoms with van der Waals surface area (Å²) in [5, 5.41) is 0. The van der Waals surface area contributed by atoms with Crippen molar-refractivity contribution >= 4 is 18.3 Å². The van der Waals surface area contributed by atoms with Gasteiger partial charge in [0.15, 0.2) is 6.10 Å². The van der Waals surface area contributed by atoms with Gasteiger partial charge in [0.25, 0.3) is 5.91 Å². The van der Waals surface area contributed by atoms with Gasteiger partial charge in [0.1, 0.15) is 5.75 Å². The topological polar surface area (TPSA) is 55.6 Å². The number of hydrogen-bond donors (Lipinski definition) is 1. The lowest BCUT2D eigenvalue weighted by atomic mass is 9.90. The summed E-state index contributed by atoms with van der Waals surface area (Å²) in [5.74, 6) is 0.741. The SMILES string of the molecule is CC(Oc1ccc(-c2ccccc2)cc1)C(=O)N1CCC(C)(CN)C1.Cl. The molecule has 0 radical (unpaired) electrons. The summed E-state index contributed by atoms with van der Waals surface area (Å²) in [7, 11) is 0. The minimum absolute atomic E-state index is 0. The first-order valence-electron chi connectivity index (χ1n) is 8.82. The maximum atomic E-state index is 12.6. The molecular weight excluding hydrogens is 348 g/mol. The van der Waals surface area contributed by atoms with Gasteiger partial charge in [-0.3, -0.25) is 4.79 Å². The van der Waals surface area contributed by atoms with Gasteiger partial charge in [0, 0.05) is 13.1 Å². The molecule has 1 amide bonds. The van der Waals surface area contributed by atoms with E-state index in [9.17, 15) is 4.79 Å². The van der Waals surface area contributed by atoms with Crippen molar-refractivity contribution in [2.24, 2.45) is 11.1 Å². The van der Waals surface area contributed by atoms with Crippen molar-refractivity contribution in [2.75, 3.05) is 19.6 Å². The van der Waals surface area contributed by atoms with Crippen LogP contribution in [0.5, 0.6) is 5.75 Å². The fourth-order valence-corrected chi connectivity index (χ4v) is 3.25. The zero-order valence-electron chi connectivity index (χ0n) is 15.4. The van der Waals surface area contributed by atoms with Crippen LogP contribution in [0.15, 0.2) is 54.6 Å². The van der Waals surface area contributed by atoms with E-state index in [1.807, 2.05) is 54.3 Å². The lowest BCUT2D eigenvalue weighted by Gasteiger charge is -2.25. The van der Waals surface area contributed by atoms with Crippen LogP contribution >= 0.6 is 12.4 Å². The number of amides is 1. The Bertz CT molecular complexity index is 721. The summed E-state index contributed by atoms with van der Waals surface area (Å²) < 4.78 is 5.86. The molecule has 2 unspecified atom stereocenters. The molecule has 2 aromatic carbocycles. The number of carbonyl (C=O) groups is 1. The fourth-order valence-electron chi connectivity index (χ4n) is 3.25. The van der Waals surface area contributed by atoms with E-state index in [1.165, 1.54) is 0 Å². The third-order valence-corrected chi connectivity index (χ3v) is 4.98. The monoisotopic (exact) mass is 374 g/mol. The largest absolute Gasteiger partial charge is 0.481 e. The molecule has 0 aromatic heterocycles. The first-order valence-corrected chi connectivity index (χ1v) is 8.82. The summed E-state index contributed by atoms with van der Waals surface area (Å²) in [6.45, 7) is 6.02. The van der Waals surface area contributed by atoms with Crippen LogP contribution in [0.25, 0.3) is 11.1 Å². The van der Waals surface area contributed by atoms with Gasteiger partial charge >= 0.3 is 0 Å². The molecule has 2 N–H and O–H groups in total. The van der Waals surface area contributed by atoms with E-state index < -0.39 is 6.10 Å². The second-order valence-electron chi connectivity index (χ2n) is 7.18. The Labute approximate surface area is 161 Å². The molecule has 140 valence electrons. The highest BCUT2D eigenvalue weighted by Gasteiger charge is 2.36. The third kappa shape index (κ3) is 4.57. The summed E-state index contributed by atoms with van der Waals surface area (Å²) in [5.41, 5.74) is 8.15. The fraction of sp³-hybridized carbons (Fsp3) is 0.381. The number of ether oxygens (including phenoxy) is 1. The maximum absolute atomic E-state index is 12.6. The molecule has 0 bridgehead atoms. The lowest BCUT2D eigenvalue weighted by Crippen LogP contribution is -2.41. The number of rotatable bonds is 5. The Morgan fingerprint density at radius 3 is 2.35 bits per heavy atom. The molecule has 1 saturated heterocycles. The second-order valence-corrected chi connectivity index (χ2v) is 7.18. The molecule has 0 saturated carbocycles. The van der Waals surface area contributed by atoms with E-state index in [0.717, 1.165) is 24.1 Å². The summed E-state index contributed by atoms with van der Waals surface area (Å²) in [6, 6.07) is 18.1. The number of carbonyl (C=O) groups excluding carboxylic acids is 1. The molecule has 1 aliphatic heterocycles. The predicted molar refractivity (Wildman–Crippen MR) is 108 cm³/mol. The predicted octanol–water partition coefficient (Wildman–Crippen LogP) is 3.74. The van der Waals surface area contributed by atoms with Crippen molar-refractivity contribution in [2.45, 2.75) is 26.4 Å². The molecule has 2 aromatic rings. The van der Waals surface area contributed by atoms with Gasteiger partial charge in [-0.05, 0) is 48.6 Å². The molecule has 2 atom stereocenters. The van der Waals surface area contributed by atoms with Crippen LogP contribution in [0.3, 0.4) is 0 Å². The Morgan fingerprint density at radius 1 is 1.15 bits per heavy atom. The Morgan fingerprint density at radius 2 is 1.77 bits per heavy atom. The van der Waals surface area contributed by atoms with Crippen molar-refractivity contribution in [1.82, 2.24) is 4.90 Å². The minimum Gasteiger partial charge on any atom is -0.481 e. The van der Waals surface area contributed by atoms with Crippen LogP contribution in [0.1, 0.15) is 20.3 Å². The van der Waals surface area contributed by atoms with Crippen LogP contribution in [0.4, 0.5) is 0 Å². The Kier molecular flexibility index (Phi) is 6.68. The number of nitrogens with two attached hydrogens (primary N) is 1. The van der Waals surface area contributed by atoms with E-state index in [-0.39, 0.29) is 23.7 Å². The molecule has 1 fully saturated rings. The van der Waals surface area contributed by atoms with Gasteiger partial charge in [0.2, 0.25) is 0 Å². The highest BCUT2D eigenvalue weighted by atomic mass is 35.5. The molecule has 26 heavy (non-hydrogen) atoms. The first kappa shape index (κ1) is 20.3. The second kappa shape index (κ2) is 8.56. The molecule has 0 aliphatic carbocycles. The van der Waals surface area contributed by atoms with Gasteiger partial charge in [-0.2, -0.15) is 0 Å². The van der Waals surface area contributed by atoms with Crippen molar-refractivity contribution in [3.05, 3.63) is 54.6 Å². The van der Waals surface area contributed by atoms with E-state index >= 15 is 0 Å². The number of benzene rings is 2. The van der Waals surface area contributed by atoms with Gasteiger partial charge in [-0.15, -0.1) is 12.4 Å². The summed E-state index contributed by atoms with van der Waals surface area (Å²) in [6.07, 6.45) is 0.455. The van der Waals surface area contributed by atoms with Crippen molar-refractivity contribution in [3.63, 3.8) is 0 Å². The maximum Gasteiger partial charge on any atom is 0.263 e. The van der Waals surface area contributed by atoms with E-state index in [1.54, 1.807) is 0 Å².